The van der Waals surface area contributed by atoms with Crippen molar-refractivity contribution in [1.29, 1.82) is 5.26 Å². The summed E-state index contributed by atoms with van der Waals surface area (Å²) in [4.78, 5) is 12.3. The van der Waals surface area contributed by atoms with E-state index in [-0.39, 0.29) is 17.5 Å². The highest BCUT2D eigenvalue weighted by Gasteiger charge is 2.25. The molecule has 1 amide bonds. The first-order chi connectivity index (χ1) is 14.5. The van der Waals surface area contributed by atoms with Gasteiger partial charge in [-0.3, -0.25) is 4.79 Å². The number of carbonyl (C=O) groups is 1. The standard InChI is InChI=1S/C25H25N3O2/c1-17-7-8-18(2)24(13-17)30-12-11-28-16-20(22-5-3-4-6-23(22)28)14-19(15-26)25(29)27-21-9-10-21/h3-8,13-14,16,21H,9-12H2,1-2H3,(H,27,29). The Labute approximate surface area is 176 Å². The third-order valence-corrected chi connectivity index (χ3v) is 5.33. The SMILES string of the molecule is Cc1ccc(C)c(OCCn2cc(C=C(C#N)C(=O)NC3CC3)c3ccccc32)c1. The van der Waals surface area contributed by atoms with Gasteiger partial charge in [0, 0.05) is 28.7 Å². The Kier molecular flexibility index (Phi) is 5.58. The molecule has 0 aliphatic heterocycles. The summed E-state index contributed by atoms with van der Waals surface area (Å²) in [6.07, 6.45) is 5.65. The van der Waals surface area contributed by atoms with E-state index in [0.29, 0.717) is 13.2 Å². The Hall–Kier alpha value is -3.52. The molecule has 0 spiro atoms. The molecule has 1 aromatic heterocycles. The van der Waals surface area contributed by atoms with Crippen molar-refractivity contribution in [1.82, 2.24) is 9.88 Å². The minimum absolute atomic E-state index is 0.136. The van der Waals surface area contributed by atoms with Gasteiger partial charge in [0.05, 0.1) is 6.54 Å². The number of aromatic nitrogens is 1. The molecule has 0 unspecified atom stereocenters. The Balaban J connectivity index is 1.56. The number of ether oxygens (including phenoxy) is 1. The lowest BCUT2D eigenvalue weighted by molar-refractivity contribution is -0.117. The number of amides is 1. The summed E-state index contributed by atoms with van der Waals surface area (Å²) < 4.78 is 8.13. The Morgan fingerprint density at radius 3 is 2.83 bits per heavy atom. The number of carbonyl (C=O) groups excluding carboxylic acids is 1. The van der Waals surface area contributed by atoms with Crippen LogP contribution in [0.15, 0.2) is 54.2 Å². The van der Waals surface area contributed by atoms with Crippen molar-refractivity contribution in [2.45, 2.75) is 39.3 Å². The number of fused-ring (bicyclic) bond motifs is 1. The zero-order valence-electron chi connectivity index (χ0n) is 17.3. The summed E-state index contributed by atoms with van der Waals surface area (Å²) in [6, 6.07) is 16.5. The molecule has 2 aromatic carbocycles. The topological polar surface area (TPSA) is 67.0 Å². The van der Waals surface area contributed by atoms with E-state index in [9.17, 15) is 10.1 Å². The van der Waals surface area contributed by atoms with Crippen LogP contribution in [-0.4, -0.2) is 23.1 Å². The van der Waals surface area contributed by atoms with Crippen LogP contribution < -0.4 is 10.1 Å². The van der Waals surface area contributed by atoms with E-state index in [4.69, 9.17) is 4.74 Å². The molecule has 152 valence electrons. The van der Waals surface area contributed by atoms with Gasteiger partial charge in [-0.2, -0.15) is 5.26 Å². The van der Waals surface area contributed by atoms with Gasteiger partial charge < -0.3 is 14.6 Å². The van der Waals surface area contributed by atoms with Gasteiger partial charge in [-0.05, 0) is 56.0 Å². The van der Waals surface area contributed by atoms with Crippen LogP contribution in [0.1, 0.15) is 29.5 Å². The number of rotatable bonds is 7. The Bertz CT molecular complexity index is 1160. The van der Waals surface area contributed by atoms with Gasteiger partial charge in [-0.25, -0.2) is 0 Å². The van der Waals surface area contributed by atoms with E-state index >= 15 is 0 Å². The third-order valence-electron chi connectivity index (χ3n) is 5.33. The molecule has 1 aliphatic rings. The molecule has 30 heavy (non-hydrogen) atoms. The largest absolute Gasteiger partial charge is 0.491 e. The zero-order chi connectivity index (χ0) is 21.1. The van der Waals surface area contributed by atoms with Crippen LogP contribution in [-0.2, 0) is 11.3 Å². The fourth-order valence-corrected chi connectivity index (χ4v) is 3.49. The molecule has 1 N–H and O–H groups in total. The van der Waals surface area contributed by atoms with Crippen molar-refractivity contribution >= 4 is 22.9 Å². The number of hydrogen-bond acceptors (Lipinski definition) is 3. The molecule has 0 saturated heterocycles. The number of nitrogens with one attached hydrogen (secondary N) is 1. The lowest BCUT2D eigenvalue weighted by Gasteiger charge is -2.11. The molecule has 1 heterocycles. The lowest BCUT2D eigenvalue weighted by Crippen LogP contribution is -2.26. The molecule has 1 aliphatic carbocycles. The van der Waals surface area contributed by atoms with Gasteiger partial charge in [0.15, 0.2) is 0 Å². The van der Waals surface area contributed by atoms with Crippen LogP contribution >= 0.6 is 0 Å². The average Bonchev–Trinajstić information content (AvgIpc) is 3.49. The van der Waals surface area contributed by atoms with Crippen LogP contribution in [0.3, 0.4) is 0 Å². The Morgan fingerprint density at radius 1 is 1.27 bits per heavy atom. The van der Waals surface area contributed by atoms with E-state index < -0.39 is 0 Å². The number of para-hydroxylation sites is 1. The third kappa shape index (κ3) is 4.38. The fourth-order valence-electron chi connectivity index (χ4n) is 3.49. The van der Waals surface area contributed by atoms with Gasteiger partial charge in [0.2, 0.25) is 0 Å². The van der Waals surface area contributed by atoms with Gasteiger partial charge >= 0.3 is 0 Å². The van der Waals surface area contributed by atoms with Crippen molar-refractivity contribution < 1.29 is 9.53 Å². The average molecular weight is 399 g/mol. The fraction of sp³-hybridized carbons (Fsp3) is 0.280. The van der Waals surface area contributed by atoms with Gasteiger partial charge in [0.1, 0.15) is 24.0 Å². The number of nitriles is 1. The predicted molar refractivity (Wildman–Crippen MR) is 118 cm³/mol. The van der Waals surface area contributed by atoms with E-state index in [1.165, 1.54) is 5.56 Å². The summed E-state index contributed by atoms with van der Waals surface area (Å²) in [5.74, 6) is 0.602. The highest BCUT2D eigenvalue weighted by Crippen LogP contribution is 2.25. The van der Waals surface area contributed by atoms with Crippen LogP contribution in [0.25, 0.3) is 17.0 Å². The van der Waals surface area contributed by atoms with E-state index in [0.717, 1.165) is 40.6 Å². The molecule has 0 bridgehead atoms. The highest BCUT2D eigenvalue weighted by atomic mass is 16.5. The lowest BCUT2D eigenvalue weighted by atomic mass is 10.1. The van der Waals surface area contributed by atoms with Crippen molar-refractivity contribution in [3.8, 4) is 11.8 Å². The highest BCUT2D eigenvalue weighted by molar-refractivity contribution is 6.04. The molecule has 1 fully saturated rings. The maximum Gasteiger partial charge on any atom is 0.262 e. The summed E-state index contributed by atoms with van der Waals surface area (Å²) in [5.41, 5.74) is 4.33. The predicted octanol–water partition coefficient (Wildman–Crippen LogP) is 4.52. The number of benzene rings is 2. The first-order valence-corrected chi connectivity index (χ1v) is 10.3. The summed E-state index contributed by atoms with van der Waals surface area (Å²) in [7, 11) is 0. The summed E-state index contributed by atoms with van der Waals surface area (Å²) >= 11 is 0. The van der Waals surface area contributed by atoms with E-state index in [1.54, 1.807) is 6.08 Å². The molecule has 4 rings (SSSR count). The minimum atomic E-state index is -0.296. The first-order valence-electron chi connectivity index (χ1n) is 10.3. The van der Waals surface area contributed by atoms with Gasteiger partial charge in [-0.1, -0.05) is 30.3 Å². The number of hydrogen-bond donors (Lipinski definition) is 1. The smallest absolute Gasteiger partial charge is 0.262 e. The molecule has 0 atom stereocenters. The molecule has 3 aromatic rings. The molecular weight excluding hydrogens is 374 g/mol. The molecule has 0 radical (unpaired) electrons. The maximum atomic E-state index is 12.3. The van der Waals surface area contributed by atoms with Crippen LogP contribution in [0.4, 0.5) is 0 Å². The van der Waals surface area contributed by atoms with E-state index in [1.807, 2.05) is 43.5 Å². The molecule has 5 nitrogen and oxygen atoms in total. The summed E-state index contributed by atoms with van der Waals surface area (Å²) in [6.45, 7) is 5.28. The van der Waals surface area contributed by atoms with Gasteiger partial charge in [-0.15, -0.1) is 0 Å². The normalized spacial score (nSPS) is 13.8. The zero-order valence-corrected chi connectivity index (χ0v) is 17.3. The van der Waals surface area contributed by atoms with Crippen LogP contribution in [0.2, 0.25) is 0 Å². The monoisotopic (exact) mass is 399 g/mol. The van der Waals surface area contributed by atoms with E-state index in [2.05, 4.69) is 35.0 Å². The van der Waals surface area contributed by atoms with Crippen LogP contribution in [0, 0.1) is 25.2 Å². The first kappa shape index (κ1) is 19.8. The second-order valence-electron chi connectivity index (χ2n) is 7.83. The number of aryl methyl sites for hydroxylation is 2. The van der Waals surface area contributed by atoms with Crippen molar-refractivity contribution in [3.63, 3.8) is 0 Å². The van der Waals surface area contributed by atoms with Crippen molar-refractivity contribution in [2.24, 2.45) is 0 Å². The molecule has 5 heteroatoms. The van der Waals surface area contributed by atoms with Crippen LogP contribution in [0.5, 0.6) is 5.75 Å². The second kappa shape index (κ2) is 8.46. The second-order valence-corrected chi connectivity index (χ2v) is 7.83. The molecule has 1 saturated carbocycles. The Morgan fingerprint density at radius 2 is 2.07 bits per heavy atom. The van der Waals surface area contributed by atoms with Crippen molar-refractivity contribution in [3.05, 3.63) is 70.9 Å². The van der Waals surface area contributed by atoms with Crippen molar-refractivity contribution in [2.75, 3.05) is 6.61 Å². The quantitative estimate of drug-likeness (QED) is 0.469. The summed E-state index contributed by atoms with van der Waals surface area (Å²) in [5, 5.41) is 13.4. The van der Waals surface area contributed by atoms with Gasteiger partial charge in [0.25, 0.3) is 5.91 Å². The number of nitrogens with zero attached hydrogens (tertiary/aromatic N) is 2. The maximum absolute atomic E-state index is 12.3. The minimum Gasteiger partial charge on any atom is -0.491 e. The molecular formula is C25H25N3O2.